The summed E-state index contributed by atoms with van der Waals surface area (Å²) in [6.07, 6.45) is 40.8. The minimum atomic E-state index is -4.42. The lowest BCUT2D eigenvalue weighted by Crippen LogP contribution is -2.50. The maximum atomic E-state index is 12.5. The second kappa shape index (κ2) is 35.2. The summed E-state index contributed by atoms with van der Waals surface area (Å²) in [5.41, 5.74) is 0. The lowest BCUT2D eigenvalue weighted by atomic mass is 10.0. The van der Waals surface area contributed by atoms with E-state index in [9.17, 15) is 28.0 Å². The van der Waals surface area contributed by atoms with Gasteiger partial charge in [0.15, 0.2) is 0 Å². The fraction of sp³-hybridized carbons (Fsp3) is 0.878. The standard InChI is InChI=1S/C41H79NO6S/c1-3-5-7-9-11-13-15-17-18-19-20-21-22-23-24-26-27-29-31-33-35-39(43)38(37-49(46,47)48)42-41(45)40(44)36-34-32-30-28-25-16-14-12-10-8-6-4-2/h25,28,32,34,38-40,43-44H,3-24,26-27,29-31,33,35-37H2,1-2H3,(H,42,45)(H,46,47,48)/b28-25-,34-32-. The van der Waals surface area contributed by atoms with Crippen LogP contribution in [0.3, 0.4) is 0 Å². The van der Waals surface area contributed by atoms with E-state index in [2.05, 4.69) is 31.3 Å². The number of aliphatic hydroxyl groups excluding tert-OH is 2. The first-order valence-electron chi connectivity index (χ1n) is 20.6. The summed E-state index contributed by atoms with van der Waals surface area (Å²) < 4.78 is 32.5. The molecular formula is C41H79NO6S. The third-order valence-electron chi connectivity index (χ3n) is 9.53. The van der Waals surface area contributed by atoms with Crippen LogP contribution < -0.4 is 5.32 Å². The second-order valence-electron chi connectivity index (χ2n) is 14.4. The number of carbonyl (C=O) groups is 1. The van der Waals surface area contributed by atoms with E-state index >= 15 is 0 Å². The summed E-state index contributed by atoms with van der Waals surface area (Å²) in [5, 5.41) is 23.4. The van der Waals surface area contributed by atoms with Gasteiger partial charge in [-0.15, -0.1) is 0 Å². The van der Waals surface area contributed by atoms with Crippen molar-refractivity contribution in [1.29, 1.82) is 0 Å². The van der Waals surface area contributed by atoms with E-state index in [-0.39, 0.29) is 6.42 Å². The third kappa shape index (κ3) is 35.0. The smallest absolute Gasteiger partial charge is 0.266 e. The first kappa shape index (κ1) is 47.8. The monoisotopic (exact) mass is 714 g/mol. The molecule has 3 unspecified atom stereocenters. The van der Waals surface area contributed by atoms with Gasteiger partial charge in [-0.1, -0.05) is 199 Å². The fourth-order valence-electron chi connectivity index (χ4n) is 6.33. The Morgan fingerprint density at radius 2 is 0.959 bits per heavy atom. The molecule has 0 fully saturated rings. The van der Waals surface area contributed by atoms with Crippen LogP contribution in [-0.4, -0.2) is 53.1 Å². The van der Waals surface area contributed by atoms with Crippen molar-refractivity contribution in [3.8, 4) is 0 Å². The molecule has 0 spiro atoms. The number of unbranched alkanes of at least 4 members (excludes halogenated alkanes) is 25. The number of allylic oxidation sites excluding steroid dienone is 3. The van der Waals surface area contributed by atoms with E-state index in [1.165, 1.54) is 141 Å². The molecule has 49 heavy (non-hydrogen) atoms. The molecule has 0 saturated carbocycles. The number of carbonyl (C=O) groups excluding carboxylic acids is 1. The van der Waals surface area contributed by atoms with Crippen LogP contribution >= 0.6 is 0 Å². The van der Waals surface area contributed by atoms with Crippen LogP contribution in [0.5, 0.6) is 0 Å². The van der Waals surface area contributed by atoms with Crippen LogP contribution in [0, 0.1) is 0 Å². The van der Waals surface area contributed by atoms with Gasteiger partial charge in [0.1, 0.15) is 6.10 Å². The zero-order valence-corrected chi connectivity index (χ0v) is 32.8. The molecule has 1 amide bonds. The van der Waals surface area contributed by atoms with Crippen LogP contribution in [0.2, 0.25) is 0 Å². The Morgan fingerprint density at radius 1 is 0.571 bits per heavy atom. The van der Waals surface area contributed by atoms with Gasteiger partial charge in [0.2, 0.25) is 5.91 Å². The number of hydrogen-bond acceptors (Lipinski definition) is 5. The van der Waals surface area contributed by atoms with Crippen molar-refractivity contribution in [2.24, 2.45) is 0 Å². The molecule has 0 aromatic carbocycles. The Bertz CT molecular complexity index is 890. The largest absolute Gasteiger partial charge is 0.391 e. The molecule has 0 radical (unpaired) electrons. The number of hydrogen-bond donors (Lipinski definition) is 4. The normalized spacial score (nSPS) is 14.1. The van der Waals surface area contributed by atoms with E-state index in [0.29, 0.717) is 19.3 Å². The van der Waals surface area contributed by atoms with Gasteiger partial charge in [-0.3, -0.25) is 9.35 Å². The molecule has 0 rings (SSSR count). The van der Waals surface area contributed by atoms with Gasteiger partial charge in [0, 0.05) is 6.42 Å². The van der Waals surface area contributed by atoms with Crippen LogP contribution in [0.1, 0.15) is 206 Å². The predicted molar refractivity (Wildman–Crippen MR) is 208 cm³/mol. The number of rotatable bonds is 37. The molecule has 290 valence electrons. The van der Waals surface area contributed by atoms with E-state index in [1.54, 1.807) is 6.08 Å². The second-order valence-corrected chi connectivity index (χ2v) is 15.9. The van der Waals surface area contributed by atoms with Gasteiger partial charge < -0.3 is 15.5 Å². The lowest BCUT2D eigenvalue weighted by Gasteiger charge is -2.24. The minimum Gasteiger partial charge on any atom is -0.391 e. The highest BCUT2D eigenvalue weighted by molar-refractivity contribution is 7.85. The topological polar surface area (TPSA) is 124 Å². The maximum Gasteiger partial charge on any atom is 0.266 e. The van der Waals surface area contributed by atoms with E-state index in [1.807, 2.05) is 6.08 Å². The van der Waals surface area contributed by atoms with Crippen molar-refractivity contribution < 1.29 is 28.0 Å². The Morgan fingerprint density at radius 3 is 1.39 bits per heavy atom. The zero-order valence-electron chi connectivity index (χ0n) is 31.9. The predicted octanol–water partition coefficient (Wildman–Crippen LogP) is 10.9. The van der Waals surface area contributed by atoms with Crippen LogP contribution in [-0.2, 0) is 14.9 Å². The SMILES string of the molecule is CCCCCCCC/C=C\C/C=C\CC(O)C(=O)NC(CS(=O)(=O)O)C(O)CCCCCCCCCCCCCCCCCCCCCC. The highest BCUT2D eigenvalue weighted by Gasteiger charge is 2.28. The lowest BCUT2D eigenvalue weighted by molar-refractivity contribution is -0.130. The van der Waals surface area contributed by atoms with Gasteiger partial charge in [0.25, 0.3) is 10.1 Å². The number of aliphatic hydroxyl groups is 2. The van der Waals surface area contributed by atoms with Crippen molar-refractivity contribution >= 4 is 16.0 Å². The zero-order chi connectivity index (χ0) is 36.3. The Kier molecular flexibility index (Phi) is 34.3. The molecule has 0 aliphatic heterocycles. The fourth-order valence-corrected chi connectivity index (χ4v) is 7.09. The summed E-state index contributed by atoms with van der Waals surface area (Å²) >= 11 is 0. The summed E-state index contributed by atoms with van der Waals surface area (Å²) in [6.45, 7) is 4.49. The van der Waals surface area contributed by atoms with Crippen molar-refractivity contribution in [2.45, 2.75) is 225 Å². The molecule has 0 aromatic heterocycles. The first-order valence-corrected chi connectivity index (χ1v) is 22.2. The van der Waals surface area contributed by atoms with Gasteiger partial charge in [-0.25, -0.2) is 0 Å². The molecule has 0 aliphatic carbocycles. The highest BCUT2D eigenvalue weighted by Crippen LogP contribution is 2.16. The molecule has 0 bridgehead atoms. The van der Waals surface area contributed by atoms with E-state index < -0.39 is 40.0 Å². The van der Waals surface area contributed by atoms with Crippen molar-refractivity contribution in [2.75, 3.05) is 5.75 Å². The van der Waals surface area contributed by atoms with E-state index in [0.717, 1.165) is 25.7 Å². The first-order chi connectivity index (χ1) is 23.7. The third-order valence-corrected chi connectivity index (χ3v) is 10.3. The summed E-state index contributed by atoms with van der Waals surface area (Å²) in [5.74, 6) is -1.54. The average Bonchev–Trinajstić information content (AvgIpc) is 3.06. The van der Waals surface area contributed by atoms with Gasteiger partial charge in [-0.05, 0) is 25.7 Å². The maximum absolute atomic E-state index is 12.5. The number of nitrogens with one attached hydrogen (secondary N) is 1. The summed E-state index contributed by atoms with van der Waals surface area (Å²) in [6, 6.07) is -1.17. The summed E-state index contributed by atoms with van der Waals surface area (Å²) in [7, 11) is -4.42. The van der Waals surface area contributed by atoms with Gasteiger partial charge >= 0.3 is 0 Å². The molecule has 8 heteroatoms. The Hall–Kier alpha value is -1.22. The van der Waals surface area contributed by atoms with Crippen molar-refractivity contribution in [3.05, 3.63) is 24.3 Å². The molecular weight excluding hydrogens is 635 g/mol. The Balaban J connectivity index is 3.99. The molecule has 4 N–H and O–H groups in total. The van der Waals surface area contributed by atoms with Crippen LogP contribution in [0.25, 0.3) is 0 Å². The Labute approximate surface area is 303 Å². The molecule has 0 aliphatic rings. The molecule has 0 heterocycles. The molecule has 3 atom stereocenters. The average molecular weight is 714 g/mol. The quantitative estimate of drug-likeness (QED) is 0.0289. The van der Waals surface area contributed by atoms with E-state index in [4.69, 9.17) is 0 Å². The van der Waals surface area contributed by atoms with Gasteiger partial charge in [-0.2, -0.15) is 8.42 Å². The van der Waals surface area contributed by atoms with Crippen LogP contribution in [0.15, 0.2) is 24.3 Å². The van der Waals surface area contributed by atoms with Gasteiger partial charge in [0.05, 0.1) is 17.9 Å². The molecule has 0 aromatic rings. The van der Waals surface area contributed by atoms with Crippen LogP contribution in [0.4, 0.5) is 0 Å². The summed E-state index contributed by atoms with van der Waals surface area (Å²) in [4.78, 5) is 12.5. The molecule has 0 saturated heterocycles. The van der Waals surface area contributed by atoms with Crippen molar-refractivity contribution in [1.82, 2.24) is 5.32 Å². The van der Waals surface area contributed by atoms with Crippen molar-refractivity contribution in [3.63, 3.8) is 0 Å². The highest BCUT2D eigenvalue weighted by atomic mass is 32.2. The molecule has 7 nitrogen and oxygen atoms in total. The minimum absolute atomic E-state index is 0.0884. The number of amides is 1.